The first kappa shape index (κ1) is 24.3. The van der Waals surface area contributed by atoms with Gasteiger partial charge < -0.3 is 28.4 Å². The van der Waals surface area contributed by atoms with Crippen LogP contribution in [0.2, 0.25) is 0 Å². The van der Waals surface area contributed by atoms with E-state index in [-0.39, 0.29) is 31.7 Å². The van der Waals surface area contributed by atoms with Crippen molar-refractivity contribution in [3.05, 3.63) is 82.8 Å². The molecule has 184 valence electrons. The van der Waals surface area contributed by atoms with E-state index in [0.29, 0.717) is 42.5 Å². The van der Waals surface area contributed by atoms with Crippen LogP contribution in [0.15, 0.2) is 59.0 Å². The Morgan fingerprint density at radius 3 is 2.49 bits per heavy atom. The number of nitrogens with zero attached hydrogens (tertiary/aromatic N) is 2. The van der Waals surface area contributed by atoms with Gasteiger partial charge in [0.05, 0.1) is 13.2 Å². The lowest BCUT2D eigenvalue weighted by molar-refractivity contribution is -0.133. The third kappa shape index (κ3) is 6.02. The number of hydrogen-bond acceptors (Lipinski definition) is 6. The molecule has 1 aliphatic rings. The number of aryl methyl sites for hydroxylation is 2. The lowest BCUT2D eigenvalue weighted by Gasteiger charge is -2.28. The molecule has 0 unspecified atom stereocenters. The Morgan fingerprint density at radius 2 is 1.74 bits per heavy atom. The molecule has 1 aliphatic heterocycles. The van der Waals surface area contributed by atoms with E-state index in [1.54, 1.807) is 18.1 Å². The molecule has 0 radical (unpaired) electrons. The Morgan fingerprint density at radius 1 is 0.943 bits per heavy atom. The van der Waals surface area contributed by atoms with Gasteiger partial charge in [0.15, 0.2) is 11.5 Å². The highest BCUT2D eigenvalue weighted by Gasteiger charge is 2.25. The van der Waals surface area contributed by atoms with Gasteiger partial charge in [-0.2, -0.15) is 0 Å². The fourth-order valence-electron chi connectivity index (χ4n) is 3.95. The summed E-state index contributed by atoms with van der Waals surface area (Å²) in [7, 11) is 1.57. The second-order valence-corrected chi connectivity index (χ2v) is 8.48. The largest absolute Gasteiger partial charge is 0.464 e. The predicted octanol–water partition coefficient (Wildman–Crippen LogP) is 3.94. The Bertz CT molecular complexity index is 1190. The maximum Gasteiger partial charge on any atom is 0.254 e. The third-order valence-electron chi connectivity index (χ3n) is 5.86. The Hall–Kier alpha value is -3.78. The van der Waals surface area contributed by atoms with Crippen molar-refractivity contribution in [3.63, 3.8) is 0 Å². The number of methoxy groups -OCH3 is 1. The molecule has 2 amide bonds. The van der Waals surface area contributed by atoms with Crippen LogP contribution in [0.4, 0.5) is 0 Å². The molecule has 4 rings (SSSR count). The number of ether oxygens (including phenoxy) is 3. The first-order chi connectivity index (χ1) is 16.9. The summed E-state index contributed by atoms with van der Waals surface area (Å²) in [5.41, 5.74) is 2.32. The fraction of sp³-hybridized carbons (Fsp3) is 0.333. The van der Waals surface area contributed by atoms with Gasteiger partial charge in [0.1, 0.15) is 18.1 Å². The summed E-state index contributed by atoms with van der Waals surface area (Å²) < 4.78 is 21.8. The third-order valence-corrected chi connectivity index (χ3v) is 5.86. The number of rotatable bonds is 10. The molecule has 0 saturated carbocycles. The molecule has 8 heteroatoms. The summed E-state index contributed by atoms with van der Waals surface area (Å²) in [5.74, 6) is 2.38. The minimum absolute atomic E-state index is 0.0826. The molecule has 1 aromatic heterocycles. The van der Waals surface area contributed by atoms with Crippen LogP contribution in [0.25, 0.3) is 0 Å². The van der Waals surface area contributed by atoms with Gasteiger partial charge in [-0.25, -0.2) is 0 Å². The summed E-state index contributed by atoms with van der Waals surface area (Å²) in [6, 6.07) is 16.7. The fourth-order valence-corrected chi connectivity index (χ4v) is 3.95. The molecule has 0 aliphatic carbocycles. The number of fused-ring (bicyclic) bond motifs is 1. The average molecular weight is 479 g/mol. The molecule has 0 spiro atoms. The van der Waals surface area contributed by atoms with Crippen LogP contribution in [0.5, 0.6) is 11.5 Å². The van der Waals surface area contributed by atoms with E-state index in [9.17, 15) is 9.59 Å². The smallest absolute Gasteiger partial charge is 0.254 e. The highest BCUT2D eigenvalue weighted by molar-refractivity contribution is 5.97. The molecule has 0 N–H and O–H groups in total. The monoisotopic (exact) mass is 478 g/mol. The minimum atomic E-state index is -0.203. The average Bonchev–Trinajstić information content (AvgIpc) is 3.49. The lowest BCUT2D eigenvalue weighted by atomic mass is 10.1. The van der Waals surface area contributed by atoms with Gasteiger partial charge in [0.25, 0.3) is 5.91 Å². The minimum Gasteiger partial charge on any atom is -0.464 e. The SMILES string of the molecule is COCCN(CC(=O)N(Cc1ccc2c(c1)OCO2)Cc1ccc(C)o1)C(=O)c1ccccc1C. The van der Waals surface area contributed by atoms with Crippen LogP contribution in [0.3, 0.4) is 0 Å². The van der Waals surface area contributed by atoms with E-state index in [1.165, 1.54) is 4.90 Å². The summed E-state index contributed by atoms with van der Waals surface area (Å²) in [4.78, 5) is 30.1. The van der Waals surface area contributed by atoms with Crippen LogP contribution < -0.4 is 9.47 Å². The molecule has 8 nitrogen and oxygen atoms in total. The second kappa shape index (κ2) is 11.1. The Kier molecular flexibility index (Phi) is 7.72. The molecule has 2 heterocycles. The molecule has 2 aromatic carbocycles. The van der Waals surface area contributed by atoms with Crippen molar-refractivity contribution >= 4 is 11.8 Å². The molecular weight excluding hydrogens is 448 g/mol. The van der Waals surface area contributed by atoms with E-state index in [4.69, 9.17) is 18.6 Å². The maximum absolute atomic E-state index is 13.6. The van der Waals surface area contributed by atoms with Crippen molar-refractivity contribution in [3.8, 4) is 11.5 Å². The van der Waals surface area contributed by atoms with E-state index < -0.39 is 0 Å². The highest BCUT2D eigenvalue weighted by Crippen LogP contribution is 2.33. The summed E-state index contributed by atoms with van der Waals surface area (Å²) in [6.45, 7) is 5.07. The van der Waals surface area contributed by atoms with Crippen LogP contribution in [-0.4, -0.2) is 55.2 Å². The standard InChI is InChI=1S/C27H30N2O6/c1-19-6-4-5-7-23(19)27(31)28(12-13-32-3)17-26(30)29(16-22-10-8-20(2)35-22)15-21-9-11-24-25(14-21)34-18-33-24/h4-11,14H,12-13,15-18H2,1-3H3. The summed E-state index contributed by atoms with van der Waals surface area (Å²) in [5, 5.41) is 0. The number of hydrogen-bond donors (Lipinski definition) is 0. The van der Waals surface area contributed by atoms with Crippen molar-refractivity contribution in [1.29, 1.82) is 0 Å². The molecule has 3 aromatic rings. The molecular formula is C27H30N2O6. The molecule has 0 atom stereocenters. The number of carbonyl (C=O) groups excluding carboxylic acids is 2. The zero-order valence-electron chi connectivity index (χ0n) is 20.3. The topological polar surface area (TPSA) is 81.5 Å². The van der Waals surface area contributed by atoms with Crippen molar-refractivity contribution in [2.75, 3.05) is 33.6 Å². The zero-order valence-corrected chi connectivity index (χ0v) is 20.3. The normalized spacial score (nSPS) is 12.0. The first-order valence-electron chi connectivity index (χ1n) is 11.5. The van der Waals surface area contributed by atoms with Gasteiger partial charge >= 0.3 is 0 Å². The van der Waals surface area contributed by atoms with Gasteiger partial charge in [-0.1, -0.05) is 24.3 Å². The van der Waals surface area contributed by atoms with Crippen molar-refractivity contribution < 1.29 is 28.2 Å². The summed E-state index contributed by atoms with van der Waals surface area (Å²) >= 11 is 0. The number of amides is 2. The molecule has 0 fully saturated rings. The summed E-state index contributed by atoms with van der Waals surface area (Å²) in [6.07, 6.45) is 0. The van der Waals surface area contributed by atoms with Crippen molar-refractivity contribution in [1.82, 2.24) is 9.80 Å². The van der Waals surface area contributed by atoms with E-state index in [0.717, 1.165) is 16.9 Å². The molecule has 35 heavy (non-hydrogen) atoms. The first-order valence-corrected chi connectivity index (χ1v) is 11.5. The Labute approximate surface area is 205 Å². The van der Waals surface area contributed by atoms with Gasteiger partial charge in [-0.3, -0.25) is 9.59 Å². The Balaban J connectivity index is 1.56. The van der Waals surface area contributed by atoms with Gasteiger partial charge in [0, 0.05) is 25.8 Å². The molecule has 0 saturated heterocycles. The van der Waals surface area contributed by atoms with E-state index >= 15 is 0 Å². The van der Waals surface area contributed by atoms with Gasteiger partial charge in [0.2, 0.25) is 12.7 Å². The number of carbonyl (C=O) groups is 2. The zero-order chi connectivity index (χ0) is 24.8. The number of benzene rings is 2. The van der Waals surface area contributed by atoms with Gasteiger partial charge in [-0.05, 0) is 55.3 Å². The van der Waals surface area contributed by atoms with Crippen molar-refractivity contribution in [2.45, 2.75) is 26.9 Å². The maximum atomic E-state index is 13.6. The van der Waals surface area contributed by atoms with Crippen LogP contribution >= 0.6 is 0 Å². The van der Waals surface area contributed by atoms with Crippen LogP contribution in [-0.2, 0) is 22.6 Å². The highest BCUT2D eigenvalue weighted by atomic mass is 16.7. The van der Waals surface area contributed by atoms with Crippen molar-refractivity contribution in [2.24, 2.45) is 0 Å². The number of furan rings is 1. The van der Waals surface area contributed by atoms with E-state index in [2.05, 4.69) is 0 Å². The molecule has 0 bridgehead atoms. The lowest BCUT2D eigenvalue weighted by Crippen LogP contribution is -2.43. The second-order valence-electron chi connectivity index (χ2n) is 8.48. The van der Waals surface area contributed by atoms with Crippen LogP contribution in [0, 0.1) is 13.8 Å². The quantitative estimate of drug-likeness (QED) is 0.439. The van der Waals surface area contributed by atoms with Crippen LogP contribution in [0.1, 0.15) is 33.0 Å². The predicted molar refractivity (Wildman–Crippen MR) is 129 cm³/mol. The van der Waals surface area contributed by atoms with E-state index in [1.807, 2.05) is 62.4 Å². The van der Waals surface area contributed by atoms with Gasteiger partial charge in [-0.15, -0.1) is 0 Å².